The first-order chi connectivity index (χ1) is 13.5. The van der Waals surface area contributed by atoms with Crippen LogP contribution in [0.3, 0.4) is 0 Å². The summed E-state index contributed by atoms with van der Waals surface area (Å²) in [7, 11) is -3.07. The molecule has 0 amide bonds. The van der Waals surface area contributed by atoms with Crippen LogP contribution in [-0.4, -0.2) is 0 Å². The van der Waals surface area contributed by atoms with Gasteiger partial charge in [-0.1, -0.05) is 78.3 Å². The van der Waals surface area contributed by atoms with E-state index in [-0.39, 0.29) is 0 Å². The normalized spacial score (nSPS) is 15.2. The molecule has 0 bridgehead atoms. The fourth-order valence-electron chi connectivity index (χ4n) is 2.96. The van der Waals surface area contributed by atoms with Crippen LogP contribution in [-0.2, 0) is 9.30 Å². The molecule has 3 nitrogen and oxygen atoms in total. The van der Waals surface area contributed by atoms with Gasteiger partial charge >= 0.3 is 0 Å². The number of ether oxygens (including phenoxy) is 1. The van der Waals surface area contributed by atoms with Crippen molar-refractivity contribution >= 4 is 36.1 Å². The third-order valence-electron chi connectivity index (χ3n) is 4.43. The summed E-state index contributed by atoms with van der Waals surface area (Å²) in [5.74, 6) is 4.47. The van der Waals surface area contributed by atoms with Crippen molar-refractivity contribution in [1.82, 2.24) is 0 Å². The molecule has 1 heterocycles. The minimum atomic E-state index is -3.07. The maximum atomic E-state index is 13.8. The molecule has 0 atom stereocenters. The highest BCUT2D eigenvalue weighted by Crippen LogP contribution is 2.56. The van der Waals surface area contributed by atoms with Crippen LogP contribution in [0.2, 0.25) is 5.02 Å². The molecule has 5 heteroatoms. The van der Waals surface area contributed by atoms with E-state index in [2.05, 4.69) is 5.09 Å². The van der Waals surface area contributed by atoms with Crippen molar-refractivity contribution in [3.05, 3.63) is 112 Å². The standard InChI is InChI=1S/C23H19ClNO2P/c1-17-12-13-20(14-21(17)24)25-28(26)15-22(18-8-4-2-5-9-18)27-23(16-28)19-10-6-3-7-11-19/h2-16H,1H3,(H,25,26). The van der Waals surface area contributed by atoms with Crippen LogP contribution in [0.15, 0.2) is 90.5 Å². The molecule has 1 aliphatic heterocycles. The van der Waals surface area contributed by atoms with Gasteiger partial charge in [-0.05, 0) is 24.6 Å². The van der Waals surface area contributed by atoms with Gasteiger partial charge in [-0.3, -0.25) is 4.57 Å². The Hall–Kier alpha value is -2.74. The van der Waals surface area contributed by atoms with E-state index in [4.69, 9.17) is 16.3 Å². The van der Waals surface area contributed by atoms with E-state index in [1.807, 2.05) is 79.7 Å². The first kappa shape index (κ1) is 18.6. The molecule has 0 radical (unpaired) electrons. The topological polar surface area (TPSA) is 38.3 Å². The lowest BCUT2D eigenvalue weighted by atomic mass is 10.2. The van der Waals surface area contributed by atoms with Gasteiger partial charge in [0.2, 0.25) is 7.29 Å². The van der Waals surface area contributed by atoms with E-state index in [1.165, 1.54) is 0 Å². The number of anilines is 1. The first-order valence-corrected chi connectivity index (χ1v) is 11.1. The lowest BCUT2D eigenvalue weighted by molar-refractivity contribution is 0.469. The second-order valence-corrected chi connectivity index (χ2v) is 9.17. The van der Waals surface area contributed by atoms with Gasteiger partial charge in [0.15, 0.2) is 0 Å². The van der Waals surface area contributed by atoms with Gasteiger partial charge in [0.1, 0.15) is 11.5 Å². The van der Waals surface area contributed by atoms with Gasteiger partial charge in [0.25, 0.3) is 0 Å². The molecule has 140 valence electrons. The number of hydrogen-bond acceptors (Lipinski definition) is 2. The summed E-state index contributed by atoms with van der Waals surface area (Å²) in [6.07, 6.45) is 0. The molecular formula is C23H19ClNO2P. The van der Waals surface area contributed by atoms with E-state index in [9.17, 15) is 4.57 Å². The quantitative estimate of drug-likeness (QED) is 0.459. The Morgan fingerprint density at radius 2 is 1.36 bits per heavy atom. The summed E-state index contributed by atoms with van der Waals surface area (Å²) in [6, 6.07) is 24.9. The maximum Gasteiger partial charge on any atom is 0.220 e. The number of halogens is 1. The summed E-state index contributed by atoms with van der Waals surface area (Å²) in [4.78, 5) is 0. The minimum absolute atomic E-state index is 0.566. The molecule has 1 aliphatic rings. The van der Waals surface area contributed by atoms with E-state index in [1.54, 1.807) is 17.7 Å². The molecule has 0 saturated carbocycles. The van der Waals surface area contributed by atoms with Crippen molar-refractivity contribution in [3.8, 4) is 0 Å². The van der Waals surface area contributed by atoms with Gasteiger partial charge in [-0.2, -0.15) is 0 Å². The van der Waals surface area contributed by atoms with Crippen molar-refractivity contribution in [1.29, 1.82) is 0 Å². The molecule has 3 aromatic carbocycles. The molecule has 28 heavy (non-hydrogen) atoms. The smallest absolute Gasteiger partial charge is 0.220 e. The molecule has 0 spiro atoms. The number of benzene rings is 3. The molecule has 3 aromatic rings. The van der Waals surface area contributed by atoms with Gasteiger partial charge in [-0.15, -0.1) is 0 Å². The highest BCUT2D eigenvalue weighted by Gasteiger charge is 2.27. The molecular weight excluding hydrogens is 389 g/mol. The van der Waals surface area contributed by atoms with Crippen LogP contribution in [0.25, 0.3) is 11.5 Å². The lowest BCUT2D eigenvalue weighted by Crippen LogP contribution is -2.03. The second-order valence-electron chi connectivity index (χ2n) is 6.61. The highest BCUT2D eigenvalue weighted by molar-refractivity contribution is 7.72. The second kappa shape index (κ2) is 7.71. The predicted octanol–water partition coefficient (Wildman–Crippen LogP) is 7.37. The fraction of sp³-hybridized carbons (Fsp3) is 0.0435. The number of nitrogens with one attached hydrogen (secondary N) is 1. The Morgan fingerprint density at radius 3 is 1.86 bits per heavy atom. The SMILES string of the molecule is Cc1ccc(NP2(=O)C=C(c3ccccc3)OC(c3ccccc3)=C2)cc1Cl. The van der Waals surface area contributed by atoms with Gasteiger partial charge in [0, 0.05) is 33.5 Å². The summed E-state index contributed by atoms with van der Waals surface area (Å²) >= 11 is 6.24. The van der Waals surface area contributed by atoms with Gasteiger partial charge in [-0.25, -0.2) is 0 Å². The Morgan fingerprint density at radius 1 is 0.821 bits per heavy atom. The molecule has 0 aromatic heterocycles. The average molecular weight is 408 g/mol. The largest absolute Gasteiger partial charge is 0.456 e. The van der Waals surface area contributed by atoms with Crippen molar-refractivity contribution in [2.24, 2.45) is 0 Å². The molecule has 4 rings (SSSR count). The van der Waals surface area contributed by atoms with Crippen LogP contribution in [0, 0.1) is 6.92 Å². The average Bonchev–Trinajstić information content (AvgIpc) is 2.71. The third kappa shape index (κ3) is 4.06. The van der Waals surface area contributed by atoms with Crippen LogP contribution in [0.4, 0.5) is 5.69 Å². The molecule has 0 fully saturated rings. The van der Waals surface area contributed by atoms with Gasteiger partial charge in [0.05, 0.1) is 0 Å². The Balaban J connectivity index is 1.77. The van der Waals surface area contributed by atoms with Crippen LogP contribution in [0.5, 0.6) is 0 Å². The fourth-order valence-corrected chi connectivity index (χ4v) is 4.98. The molecule has 1 N–H and O–H groups in total. The molecule has 0 saturated heterocycles. The Bertz CT molecular complexity index is 1050. The van der Waals surface area contributed by atoms with E-state index in [0.29, 0.717) is 22.2 Å². The van der Waals surface area contributed by atoms with Crippen molar-refractivity contribution in [2.75, 3.05) is 5.09 Å². The van der Waals surface area contributed by atoms with E-state index >= 15 is 0 Å². The maximum absolute atomic E-state index is 13.8. The van der Waals surface area contributed by atoms with Crippen molar-refractivity contribution in [2.45, 2.75) is 6.92 Å². The van der Waals surface area contributed by atoms with Crippen LogP contribution < -0.4 is 5.09 Å². The van der Waals surface area contributed by atoms with E-state index < -0.39 is 7.29 Å². The summed E-state index contributed by atoms with van der Waals surface area (Å²) in [5, 5.41) is 3.79. The summed E-state index contributed by atoms with van der Waals surface area (Å²) in [6.45, 7) is 1.93. The monoisotopic (exact) mass is 407 g/mol. The third-order valence-corrected chi connectivity index (χ3v) is 6.68. The predicted molar refractivity (Wildman–Crippen MR) is 117 cm³/mol. The Kier molecular flexibility index (Phi) is 5.13. The minimum Gasteiger partial charge on any atom is -0.456 e. The zero-order valence-corrected chi connectivity index (χ0v) is 17.0. The van der Waals surface area contributed by atoms with E-state index in [0.717, 1.165) is 16.7 Å². The number of aryl methyl sites for hydroxylation is 1. The van der Waals surface area contributed by atoms with Crippen molar-refractivity contribution < 1.29 is 9.30 Å². The number of rotatable bonds is 4. The van der Waals surface area contributed by atoms with Gasteiger partial charge < -0.3 is 9.82 Å². The number of hydrogen-bond donors (Lipinski definition) is 1. The summed E-state index contributed by atoms with van der Waals surface area (Å²) in [5.41, 5.74) is 3.41. The first-order valence-electron chi connectivity index (χ1n) is 8.91. The zero-order valence-electron chi connectivity index (χ0n) is 15.3. The van der Waals surface area contributed by atoms with Crippen LogP contribution >= 0.6 is 18.9 Å². The lowest BCUT2D eigenvalue weighted by Gasteiger charge is -2.24. The summed E-state index contributed by atoms with van der Waals surface area (Å²) < 4.78 is 19.9. The Labute approximate surface area is 169 Å². The molecule has 0 aliphatic carbocycles. The van der Waals surface area contributed by atoms with Crippen LogP contribution in [0.1, 0.15) is 16.7 Å². The highest BCUT2D eigenvalue weighted by atomic mass is 35.5. The van der Waals surface area contributed by atoms with Crippen molar-refractivity contribution in [3.63, 3.8) is 0 Å². The molecule has 0 unspecified atom stereocenters. The zero-order chi connectivity index (χ0) is 19.6.